The summed E-state index contributed by atoms with van der Waals surface area (Å²) >= 11 is 0. The largest absolute Gasteiger partial charge is 0.445 e. The van der Waals surface area contributed by atoms with Crippen LogP contribution in [0.1, 0.15) is 113 Å². The number of benzene rings is 5. The minimum absolute atomic E-state index is 0.0556. The van der Waals surface area contributed by atoms with Crippen molar-refractivity contribution in [1.29, 1.82) is 0 Å². The first-order valence-corrected chi connectivity index (χ1v) is 23.6. The molecule has 2 aliphatic rings. The third-order valence-electron chi connectivity index (χ3n) is 12.9. The average Bonchev–Trinajstić information content (AvgIpc) is 3.31. The summed E-state index contributed by atoms with van der Waals surface area (Å²) in [7, 11) is 0. The monoisotopic (exact) mass is 917 g/mol. The Balaban J connectivity index is 0.000000238. The molecule has 7 rings (SSSR count). The van der Waals surface area contributed by atoms with E-state index in [4.69, 9.17) is 15.2 Å². The van der Waals surface area contributed by atoms with E-state index in [2.05, 4.69) is 89.3 Å². The molecule has 0 bridgehead atoms. The molecule has 2 fully saturated rings. The van der Waals surface area contributed by atoms with Crippen molar-refractivity contribution in [1.82, 2.24) is 15.1 Å². The van der Waals surface area contributed by atoms with Gasteiger partial charge in [-0.15, -0.1) is 0 Å². The fourth-order valence-corrected chi connectivity index (χ4v) is 8.87. The lowest BCUT2D eigenvalue weighted by Crippen LogP contribution is -2.57. The number of rotatable bonds is 12. The van der Waals surface area contributed by atoms with E-state index in [0.29, 0.717) is 44.6 Å². The number of nitrogens with two attached hydrogens (primary N) is 1. The van der Waals surface area contributed by atoms with E-state index in [1.54, 1.807) is 9.80 Å². The smallest absolute Gasteiger partial charge is 0.410 e. The van der Waals surface area contributed by atoms with Crippen LogP contribution < -0.4 is 11.1 Å². The number of aryl methyl sites for hydroxylation is 1. The molecule has 0 aromatic heterocycles. The minimum atomic E-state index is -0.741. The Morgan fingerprint density at radius 3 is 1.69 bits per heavy atom. The van der Waals surface area contributed by atoms with Gasteiger partial charge in [0.05, 0.1) is 17.2 Å². The lowest BCUT2D eigenvalue weighted by atomic mass is 9.78. The number of carbonyl (C=O) groups is 2. The second kappa shape index (κ2) is 22.5. The van der Waals surface area contributed by atoms with E-state index in [0.717, 1.165) is 54.0 Å². The maximum absolute atomic E-state index is 13.6. The van der Waals surface area contributed by atoms with Gasteiger partial charge in [0.15, 0.2) is 0 Å². The minimum Gasteiger partial charge on any atom is -0.445 e. The maximum atomic E-state index is 13.6. The summed E-state index contributed by atoms with van der Waals surface area (Å²) in [5.41, 5.74) is 12.7. The molecule has 2 amide bonds. The number of aliphatic hydroxyl groups excluding tert-OH is 1. The molecule has 0 saturated carbocycles. The number of halogens is 2. The highest BCUT2D eigenvalue weighted by Crippen LogP contribution is 2.36. The van der Waals surface area contributed by atoms with Crippen LogP contribution in [0.4, 0.5) is 18.4 Å². The Labute approximate surface area is 396 Å². The van der Waals surface area contributed by atoms with Gasteiger partial charge in [-0.3, -0.25) is 0 Å². The molecule has 0 spiro atoms. The standard InChI is InChI=1S/C33H40F2N2O3.C23H30N2O2/c1-32(2,3)26-11-7-12-27(19-26)33(36-21-30(38)14-13-25-17-28(34)20-29(35)18-25)15-8-16-37(23-33)31(39)40-22-24-9-5-4-6-10-24;1-22(2,3)19-11-7-12-20(15-19)23(24)13-8-14-25(17-23)21(26)27-16-18-9-5-4-6-10-18/h4-7,9-12,17-20,30,36,38H,8,13-16,21-23H2,1-3H3;4-7,9-12,15H,8,13-14,16-17,24H2,1-3H3. The number of likely N-dealkylation sites (tertiary alicyclic amines) is 2. The van der Waals surface area contributed by atoms with Gasteiger partial charge in [0, 0.05) is 38.8 Å². The fraction of sp³-hybridized carbons (Fsp3) is 0.429. The highest BCUT2D eigenvalue weighted by molar-refractivity contribution is 5.68. The summed E-state index contributed by atoms with van der Waals surface area (Å²) in [5.74, 6) is -1.25. The molecule has 9 nitrogen and oxygen atoms in total. The number of piperidine rings is 2. The lowest BCUT2D eigenvalue weighted by molar-refractivity contribution is 0.0586. The van der Waals surface area contributed by atoms with E-state index in [1.807, 2.05) is 66.7 Å². The first kappa shape index (κ1) is 50.8. The molecular formula is C56H70F2N4O5. The van der Waals surface area contributed by atoms with Crippen LogP contribution in [0.5, 0.6) is 0 Å². The topological polar surface area (TPSA) is 117 Å². The SMILES string of the molecule is CC(C)(C)c1cccc(C2(N)CCCN(C(=O)OCc3ccccc3)C2)c1.CC(C)(C)c1cccc(C2(NCC(O)CCc3cc(F)cc(F)c3)CCCN(C(=O)OCc3ccccc3)C2)c1. The van der Waals surface area contributed by atoms with Crippen LogP contribution in [-0.2, 0) is 51.0 Å². The van der Waals surface area contributed by atoms with Gasteiger partial charge in [-0.05, 0) is 100 Å². The van der Waals surface area contributed by atoms with Crippen LogP contribution in [0.3, 0.4) is 0 Å². The molecule has 5 aromatic carbocycles. The Kier molecular flexibility index (Phi) is 17.0. The zero-order valence-corrected chi connectivity index (χ0v) is 40.2. The first-order chi connectivity index (χ1) is 31.8. The molecule has 2 aliphatic heterocycles. The van der Waals surface area contributed by atoms with Crippen molar-refractivity contribution in [2.45, 2.75) is 121 Å². The van der Waals surface area contributed by atoms with Crippen molar-refractivity contribution >= 4 is 12.2 Å². The van der Waals surface area contributed by atoms with Crippen molar-refractivity contribution in [3.05, 3.63) is 178 Å². The van der Waals surface area contributed by atoms with Gasteiger partial charge in [-0.1, -0.05) is 151 Å². The number of ether oxygens (including phenoxy) is 2. The van der Waals surface area contributed by atoms with Crippen LogP contribution in [0.2, 0.25) is 0 Å². The van der Waals surface area contributed by atoms with Crippen molar-refractivity contribution < 1.29 is 33.0 Å². The normalized spacial score (nSPS) is 19.2. The number of carbonyl (C=O) groups excluding carboxylic acids is 2. The summed E-state index contributed by atoms with van der Waals surface area (Å²) in [4.78, 5) is 29.2. The highest BCUT2D eigenvalue weighted by atomic mass is 19.1. The van der Waals surface area contributed by atoms with Gasteiger partial charge in [0.25, 0.3) is 0 Å². The van der Waals surface area contributed by atoms with Crippen LogP contribution in [0.25, 0.3) is 0 Å². The zero-order chi connectivity index (χ0) is 48.2. The molecule has 3 atom stereocenters. The quantitative estimate of drug-likeness (QED) is 0.114. The Morgan fingerprint density at radius 1 is 0.657 bits per heavy atom. The third kappa shape index (κ3) is 14.4. The van der Waals surface area contributed by atoms with Crippen molar-refractivity contribution in [2.75, 3.05) is 32.7 Å². The van der Waals surface area contributed by atoms with Gasteiger partial charge < -0.3 is 35.4 Å². The van der Waals surface area contributed by atoms with Crippen molar-refractivity contribution in [3.63, 3.8) is 0 Å². The Hall–Kier alpha value is -5.62. The zero-order valence-electron chi connectivity index (χ0n) is 40.2. The average molecular weight is 917 g/mol. The second-order valence-electron chi connectivity index (χ2n) is 20.4. The molecule has 358 valence electrons. The maximum Gasteiger partial charge on any atom is 0.410 e. The summed E-state index contributed by atoms with van der Waals surface area (Å²) < 4.78 is 38.3. The first-order valence-electron chi connectivity index (χ1n) is 23.6. The van der Waals surface area contributed by atoms with Crippen molar-refractivity contribution in [2.24, 2.45) is 5.73 Å². The molecule has 4 N–H and O–H groups in total. The van der Waals surface area contributed by atoms with Gasteiger partial charge >= 0.3 is 12.2 Å². The van der Waals surface area contributed by atoms with Crippen molar-refractivity contribution in [3.8, 4) is 0 Å². The van der Waals surface area contributed by atoms with Gasteiger partial charge in [-0.2, -0.15) is 0 Å². The van der Waals surface area contributed by atoms with E-state index in [1.165, 1.54) is 23.3 Å². The fourth-order valence-electron chi connectivity index (χ4n) is 8.87. The predicted octanol–water partition coefficient (Wildman–Crippen LogP) is 11.0. The molecule has 11 heteroatoms. The molecule has 3 unspecified atom stereocenters. The Bertz CT molecular complexity index is 2370. The van der Waals surface area contributed by atoms with Gasteiger partial charge in [0.2, 0.25) is 0 Å². The molecule has 2 saturated heterocycles. The molecule has 0 aliphatic carbocycles. The molecule has 2 heterocycles. The van der Waals surface area contributed by atoms with Crippen LogP contribution in [0.15, 0.2) is 127 Å². The van der Waals surface area contributed by atoms with Gasteiger partial charge in [0.1, 0.15) is 24.8 Å². The molecular weight excluding hydrogens is 847 g/mol. The predicted molar refractivity (Wildman–Crippen MR) is 261 cm³/mol. The molecule has 0 radical (unpaired) electrons. The summed E-state index contributed by atoms with van der Waals surface area (Å²) in [5, 5.41) is 14.5. The van der Waals surface area contributed by atoms with Crippen LogP contribution in [-0.4, -0.2) is 65.9 Å². The van der Waals surface area contributed by atoms with E-state index in [-0.39, 0.29) is 42.8 Å². The highest BCUT2D eigenvalue weighted by Gasteiger charge is 2.40. The lowest BCUT2D eigenvalue weighted by Gasteiger charge is -2.44. The number of nitrogens with one attached hydrogen (secondary N) is 1. The van der Waals surface area contributed by atoms with Crippen LogP contribution in [0, 0.1) is 11.6 Å². The van der Waals surface area contributed by atoms with Crippen LogP contribution >= 0.6 is 0 Å². The third-order valence-corrected chi connectivity index (χ3v) is 12.9. The molecule has 67 heavy (non-hydrogen) atoms. The second-order valence-corrected chi connectivity index (χ2v) is 20.4. The van der Waals surface area contributed by atoms with E-state index < -0.39 is 28.8 Å². The number of amides is 2. The van der Waals surface area contributed by atoms with E-state index >= 15 is 0 Å². The number of hydrogen-bond acceptors (Lipinski definition) is 7. The summed E-state index contributed by atoms with van der Waals surface area (Å²) in [6.07, 6.45) is 2.58. The number of aliphatic hydroxyl groups is 1. The summed E-state index contributed by atoms with van der Waals surface area (Å²) in [6.45, 7) is 16.0. The molecule has 5 aromatic rings. The number of hydrogen-bond donors (Lipinski definition) is 3. The Morgan fingerprint density at radius 2 is 1.15 bits per heavy atom. The van der Waals surface area contributed by atoms with E-state index in [9.17, 15) is 23.5 Å². The van der Waals surface area contributed by atoms with Gasteiger partial charge in [-0.25, -0.2) is 18.4 Å². The number of nitrogens with zero attached hydrogens (tertiary/aromatic N) is 2. The summed E-state index contributed by atoms with van der Waals surface area (Å²) in [6, 6.07) is 39.7.